The maximum absolute atomic E-state index is 10.3. The zero-order valence-electron chi connectivity index (χ0n) is 5.65. The number of aliphatic hydroxyl groups excluding tert-OH is 2. The molecule has 0 aromatic heterocycles. The van der Waals surface area contributed by atoms with Crippen molar-refractivity contribution in [1.29, 1.82) is 0 Å². The quantitative estimate of drug-likeness (QED) is 0.398. The van der Waals surface area contributed by atoms with Gasteiger partial charge in [0.25, 0.3) is 0 Å². The third kappa shape index (κ3) is 4.05. The molecule has 0 aliphatic carbocycles. The molecule has 4 heteroatoms. The highest BCUT2D eigenvalue weighted by molar-refractivity contribution is 5.81. The van der Waals surface area contributed by atoms with E-state index in [4.69, 9.17) is 10.2 Å². The summed E-state index contributed by atoms with van der Waals surface area (Å²) < 4.78 is 4.23. The standard InChI is InChI=1S/C6H10O4/c1-10-6(9)3-2-5(8)4-7/h2-3,5,7-8H,4H2,1H3/b3-2+/t5-/m1/s1. The fourth-order valence-electron chi connectivity index (χ4n) is 0.319. The Hall–Kier alpha value is -0.870. The van der Waals surface area contributed by atoms with E-state index in [9.17, 15) is 4.79 Å². The van der Waals surface area contributed by atoms with Crippen LogP contribution in [0.1, 0.15) is 0 Å². The van der Waals surface area contributed by atoms with E-state index < -0.39 is 18.7 Å². The van der Waals surface area contributed by atoms with Crippen molar-refractivity contribution in [2.24, 2.45) is 0 Å². The summed E-state index contributed by atoms with van der Waals surface area (Å²) in [4.78, 5) is 10.3. The molecule has 4 nitrogen and oxygen atoms in total. The van der Waals surface area contributed by atoms with Gasteiger partial charge in [-0.15, -0.1) is 0 Å². The van der Waals surface area contributed by atoms with Gasteiger partial charge >= 0.3 is 5.97 Å². The normalized spacial score (nSPS) is 13.5. The summed E-state index contributed by atoms with van der Waals surface area (Å²) in [5.74, 6) is -0.549. The van der Waals surface area contributed by atoms with Crippen LogP contribution in [0, 0.1) is 0 Å². The average Bonchev–Trinajstić information content (AvgIpc) is 1.99. The Balaban J connectivity index is 3.63. The van der Waals surface area contributed by atoms with Gasteiger partial charge in [-0.25, -0.2) is 4.79 Å². The van der Waals surface area contributed by atoms with Gasteiger partial charge in [-0.1, -0.05) is 0 Å². The van der Waals surface area contributed by atoms with Crippen LogP contribution >= 0.6 is 0 Å². The van der Waals surface area contributed by atoms with Crippen LogP contribution in [0.2, 0.25) is 0 Å². The Morgan fingerprint density at radius 3 is 2.80 bits per heavy atom. The molecule has 10 heavy (non-hydrogen) atoms. The number of carbonyl (C=O) groups is 1. The zero-order valence-corrected chi connectivity index (χ0v) is 5.65. The van der Waals surface area contributed by atoms with Crippen LogP contribution in [0.5, 0.6) is 0 Å². The predicted octanol–water partition coefficient (Wildman–Crippen LogP) is -0.931. The SMILES string of the molecule is COC(=O)/C=C/[C@@H](O)CO. The third-order valence-electron chi connectivity index (χ3n) is 0.843. The number of hydrogen-bond acceptors (Lipinski definition) is 4. The summed E-state index contributed by atoms with van der Waals surface area (Å²) in [5.41, 5.74) is 0. The summed E-state index contributed by atoms with van der Waals surface area (Å²) in [7, 11) is 1.23. The monoisotopic (exact) mass is 146 g/mol. The molecule has 0 heterocycles. The molecule has 0 unspecified atom stereocenters. The van der Waals surface area contributed by atoms with Crippen molar-refractivity contribution < 1.29 is 19.7 Å². The van der Waals surface area contributed by atoms with Gasteiger partial charge in [0.2, 0.25) is 0 Å². The largest absolute Gasteiger partial charge is 0.466 e. The molecule has 2 N–H and O–H groups in total. The number of rotatable bonds is 3. The van der Waals surface area contributed by atoms with E-state index >= 15 is 0 Å². The number of esters is 1. The van der Waals surface area contributed by atoms with Gasteiger partial charge in [0.05, 0.1) is 19.8 Å². The Kier molecular flexibility index (Phi) is 4.53. The van der Waals surface area contributed by atoms with Crippen LogP contribution in [0.25, 0.3) is 0 Å². The summed E-state index contributed by atoms with van der Waals surface area (Å²) >= 11 is 0. The number of methoxy groups -OCH3 is 1. The molecule has 0 saturated heterocycles. The van der Waals surface area contributed by atoms with Crippen molar-refractivity contribution in [3.05, 3.63) is 12.2 Å². The first-order valence-electron chi connectivity index (χ1n) is 2.75. The zero-order chi connectivity index (χ0) is 7.98. The third-order valence-corrected chi connectivity index (χ3v) is 0.843. The first-order valence-corrected chi connectivity index (χ1v) is 2.75. The predicted molar refractivity (Wildman–Crippen MR) is 34.2 cm³/mol. The molecule has 0 radical (unpaired) electrons. The molecular weight excluding hydrogens is 136 g/mol. The summed E-state index contributed by atoms with van der Waals surface area (Å²) in [5, 5.41) is 16.9. The first-order chi connectivity index (χ1) is 4.70. The second-order valence-electron chi connectivity index (χ2n) is 1.63. The van der Waals surface area contributed by atoms with Crippen LogP contribution in [0.4, 0.5) is 0 Å². The van der Waals surface area contributed by atoms with Gasteiger partial charge in [0, 0.05) is 6.08 Å². The highest BCUT2D eigenvalue weighted by atomic mass is 16.5. The lowest BCUT2D eigenvalue weighted by Gasteiger charge is -1.96. The molecule has 0 aliphatic heterocycles. The molecule has 0 fully saturated rings. The molecule has 0 aromatic rings. The van der Waals surface area contributed by atoms with Gasteiger partial charge in [0.1, 0.15) is 0 Å². The van der Waals surface area contributed by atoms with Gasteiger partial charge in [-0.3, -0.25) is 0 Å². The topological polar surface area (TPSA) is 66.8 Å². The van der Waals surface area contributed by atoms with Gasteiger partial charge < -0.3 is 14.9 Å². The Bertz CT molecular complexity index is 130. The second kappa shape index (κ2) is 4.96. The fourth-order valence-corrected chi connectivity index (χ4v) is 0.319. The van der Waals surface area contributed by atoms with E-state index in [-0.39, 0.29) is 0 Å². The molecule has 0 spiro atoms. The Labute approximate surface area is 58.7 Å². The lowest BCUT2D eigenvalue weighted by atomic mass is 10.3. The maximum Gasteiger partial charge on any atom is 0.330 e. The molecule has 0 rings (SSSR count). The number of ether oxygens (including phenoxy) is 1. The number of hydrogen-bond donors (Lipinski definition) is 2. The lowest BCUT2D eigenvalue weighted by molar-refractivity contribution is -0.134. The smallest absolute Gasteiger partial charge is 0.330 e. The molecule has 0 saturated carbocycles. The molecule has 58 valence electrons. The first kappa shape index (κ1) is 9.13. The summed E-state index contributed by atoms with van der Waals surface area (Å²) in [6.07, 6.45) is 1.23. The fraction of sp³-hybridized carbons (Fsp3) is 0.500. The van der Waals surface area contributed by atoms with Crippen molar-refractivity contribution in [2.45, 2.75) is 6.10 Å². The molecular formula is C6H10O4. The number of aliphatic hydroxyl groups is 2. The van der Waals surface area contributed by atoms with Gasteiger partial charge in [0.15, 0.2) is 0 Å². The van der Waals surface area contributed by atoms with E-state index in [1.807, 2.05) is 0 Å². The van der Waals surface area contributed by atoms with E-state index in [1.165, 1.54) is 7.11 Å². The van der Waals surface area contributed by atoms with Crippen molar-refractivity contribution in [2.75, 3.05) is 13.7 Å². The minimum absolute atomic E-state index is 0.395. The summed E-state index contributed by atoms with van der Waals surface area (Å²) in [6.45, 7) is -0.395. The maximum atomic E-state index is 10.3. The van der Waals surface area contributed by atoms with Gasteiger partial charge in [-0.2, -0.15) is 0 Å². The Morgan fingerprint density at radius 2 is 2.40 bits per heavy atom. The van der Waals surface area contributed by atoms with Crippen LogP contribution in [-0.4, -0.2) is 36.0 Å². The number of carbonyl (C=O) groups excluding carboxylic acids is 1. The van der Waals surface area contributed by atoms with Crippen LogP contribution < -0.4 is 0 Å². The van der Waals surface area contributed by atoms with E-state index in [0.717, 1.165) is 12.2 Å². The van der Waals surface area contributed by atoms with E-state index in [2.05, 4.69) is 4.74 Å². The summed E-state index contributed by atoms with van der Waals surface area (Å²) in [6, 6.07) is 0. The van der Waals surface area contributed by atoms with Crippen molar-refractivity contribution in [3.63, 3.8) is 0 Å². The molecule has 1 atom stereocenters. The highest BCUT2D eigenvalue weighted by Gasteiger charge is 1.96. The molecule has 0 amide bonds. The van der Waals surface area contributed by atoms with Crippen molar-refractivity contribution in [1.82, 2.24) is 0 Å². The molecule has 0 aliphatic rings. The highest BCUT2D eigenvalue weighted by Crippen LogP contribution is 1.84. The van der Waals surface area contributed by atoms with E-state index in [0.29, 0.717) is 0 Å². The van der Waals surface area contributed by atoms with Crippen molar-refractivity contribution in [3.8, 4) is 0 Å². The average molecular weight is 146 g/mol. The molecule has 0 bridgehead atoms. The second-order valence-corrected chi connectivity index (χ2v) is 1.63. The molecule has 0 aromatic carbocycles. The Morgan fingerprint density at radius 1 is 1.80 bits per heavy atom. The van der Waals surface area contributed by atoms with E-state index in [1.54, 1.807) is 0 Å². The van der Waals surface area contributed by atoms with Crippen LogP contribution in [-0.2, 0) is 9.53 Å². The van der Waals surface area contributed by atoms with Crippen molar-refractivity contribution >= 4 is 5.97 Å². The minimum Gasteiger partial charge on any atom is -0.466 e. The minimum atomic E-state index is -0.987. The lowest BCUT2D eigenvalue weighted by Crippen LogP contribution is -2.08. The van der Waals surface area contributed by atoms with Crippen LogP contribution in [0.15, 0.2) is 12.2 Å². The van der Waals surface area contributed by atoms with Gasteiger partial charge in [-0.05, 0) is 6.08 Å². The van der Waals surface area contributed by atoms with Crippen LogP contribution in [0.3, 0.4) is 0 Å².